The molecule has 110 valence electrons. The summed E-state index contributed by atoms with van der Waals surface area (Å²) in [6.07, 6.45) is 1.56. The van der Waals surface area contributed by atoms with Crippen molar-refractivity contribution in [2.75, 3.05) is 11.1 Å². The third kappa shape index (κ3) is 3.08. The molecular formula is C13H11N7S2. The molecule has 0 unspecified atom stereocenters. The van der Waals surface area contributed by atoms with Crippen LogP contribution in [0.2, 0.25) is 0 Å². The lowest BCUT2D eigenvalue weighted by Crippen LogP contribution is -1.92. The Kier molecular flexibility index (Phi) is 4.32. The first-order valence-electron chi connectivity index (χ1n) is 6.44. The quantitative estimate of drug-likeness (QED) is 0.548. The van der Waals surface area contributed by atoms with Crippen molar-refractivity contribution in [1.29, 1.82) is 5.26 Å². The molecular weight excluding hydrogens is 318 g/mol. The van der Waals surface area contributed by atoms with Gasteiger partial charge in [0.15, 0.2) is 4.34 Å². The molecule has 3 aromatic rings. The summed E-state index contributed by atoms with van der Waals surface area (Å²) in [6.45, 7) is 2.11. The third-order valence-electron chi connectivity index (χ3n) is 2.73. The number of benzene rings is 1. The van der Waals surface area contributed by atoms with Crippen molar-refractivity contribution in [2.45, 2.75) is 11.3 Å². The number of thioether (sulfide) groups is 1. The van der Waals surface area contributed by atoms with Gasteiger partial charge < -0.3 is 5.32 Å². The van der Waals surface area contributed by atoms with Crippen LogP contribution in [0.25, 0.3) is 15.8 Å². The van der Waals surface area contributed by atoms with Gasteiger partial charge in [-0.3, -0.25) is 0 Å². The smallest absolute Gasteiger partial charge is 0.216 e. The zero-order chi connectivity index (χ0) is 15.4. The molecule has 0 bridgehead atoms. The zero-order valence-corrected chi connectivity index (χ0v) is 13.2. The summed E-state index contributed by atoms with van der Waals surface area (Å²) in [5.74, 6) is 1.26. The van der Waals surface area contributed by atoms with Crippen LogP contribution >= 0.6 is 23.1 Å². The summed E-state index contributed by atoms with van der Waals surface area (Å²) in [4.78, 5) is 4.55. The van der Waals surface area contributed by atoms with Gasteiger partial charge >= 0.3 is 0 Å². The Morgan fingerprint density at radius 1 is 1.55 bits per heavy atom. The van der Waals surface area contributed by atoms with Gasteiger partial charge in [-0.15, -0.1) is 21.5 Å². The summed E-state index contributed by atoms with van der Waals surface area (Å²) in [6, 6.07) is 7.92. The number of anilines is 1. The molecule has 1 aromatic carbocycles. The number of H-pyrrole nitrogens is 1. The first kappa shape index (κ1) is 14.5. The molecule has 0 aliphatic heterocycles. The average molecular weight is 329 g/mol. The maximum atomic E-state index is 9.12. The van der Waals surface area contributed by atoms with E-state index < -0.39 is 0 Å². The summed E-state index contributed by atoms with van der Waals surface area (Å²) in [5.41, 5.74) is 2.16. The van der Waals surface area contributed by atoms with Gasteiger partial charge in [0.25, 0.3) is 0 Å². The lowest BCUT2D eigenvalue weighted by Gasteiger charge is -2.00. The van der Waals surface area contributed by atoms with Crippen LogP contribution in [0.3, 0.4) is 0 Å². The van der Waals surface area contributed by atoms with Crippen LogP contribution < -0.4 is 5.32 Å². The van der Waals surface area contributed by atoms with Crippen LogP contribution in [-0.2, 0) is 0 Å². The van der Waals surface area contributed by atoms with E-state index in [1.54, 1.807) is 29.3 Å². The Bertz CT molecular complexity index is 845. The minimum absolute atomic E-state index is 0.260. The second-order valence-corrected chi connectivity index (χ2v) is 6.69. The van der Waals surface area contributed by atoms with E-state index in [1.807, 2.05) is 24.3 Å². The van der Waals surface area contributed by atoms with Crippen molar-refractivity contribution in [2.24, 2.45) is 0 Å². The number of hydrogen-bond acceptors (Lipinski definition) is 8. The number of nitriles is 1. The molecule has 0 aliphatic rings. The molecule has 7 nitrogen and oxygen atoms in total. The monoisotopic (exact) mass is 329 g/mol. The lowest BCUT2D eigenvalue weighted by molar-refractivity contribution is 0.881. The van der Waals surface area contributed by atoms with Gasteiger partial charge in [-0.2, -0.15) is 10.5 Å². The molecule has 2 heterocycles. The maximum absolute atomic E-state index is 9.12. The molecule has 0 spiro atoms. The third-order valence-corrected chi connectivity index (χ3v) is 4.77. The van der Waals surface area contributed by atoms with Crippen LogP contribution in [0, 0.1) is 11.3 Å². The van der Waals surface area contributed by atoms with Crippen molar-refractivity contribution in [3.8, 4) is 6.07 Å². The van der Waals surface area contributed by atoms with E-state index in [0.29, 0.717) is 5.57 Å². The van der Waals surface area contributed by atoms with E-state index in [9.17, 15) is 0 Å². The van der Waals surface area contributed by atoms with E-state index in [1.165, 1.54) is 0 Å². The Morgan fingerprint density at radius 3 is 3.18 bits per heavy atom. The van der Waals surface area contributed by atoms with Crippen LogP contribution in [0.5, 0.6) is 0 Å². The van der Waals surface area contributed by atoms with Crippen molar-refractivity contribution >= 4 is 44.6 Å². The number of hydrogen-bond donors (Lipinski definition) is 2. The largest absolute Gasteiger partial charge is 0.360 e. The molecule has 0 amide bonds. The highest BCUT2D eigenvalue weighted by Crippen LogP contribution is 2.31. The van der Waals surface area contributed by atoms with E-state index >= 15 is 0 Å². The summed E-state index contributed by atoms with van der Waals surface area (Å²) < 4.78 is 2.17. The molecule has 2 aromatic heterocycles. The standard InChI is InChI=1S/C13H11N7S2/c1-2-21-13-16-10-4-3-9(5-11(10)22-13)15-7-8(6-14)12-17-19-20-18-12/h3-5,7,15H,2H2,1H3,(H,17,18,19,20). The highest BCUT2D eigenvalue weighted by molar-refractivity contribution is 8.01. The molecule has 0 saturated heterocycles. The second-order valence-electron chi connectivity index (χ2n) is 4.14. The van der Waals surface area contributed by atoms with E-state index in [-0.39, 0.29) is 5.82 Å². The molecule has 3 rings (SSSR count). The maximum Gasteiger partial charge on any atom is 0.216 e. The summed E-state index contributed by atoms with van der Waals surface area (Å²) in [5, 5.41) is 25.5. The highest BCUT2D eigenvalue weighted by atomic mass is 32.2. The number of thiazole rings is 1. The van der Waals surface area contributed by atoms with E-state index in [2.05, 4.69) is 37.8 Å². The second kappa shape index (κ2) is 6.55. The minimum atomic E-state index is 0.260. The molecule has 22 heavy (non-hydrogen) atoms. The Labute approximate surface area is 134 Å². The van der Waals surface area contributed by atoms with Gasteiger partial charge in [-0.05, 0) is 29.2 Å². The van der Waals surface area contributed by atoms with Crippen LogP contribution in [0.1, 0.15) is 12.7 Å². The minimum Gasteiger partial charge on any atom is -0.360 e. The molecule has 0 aliphatic carbocycles. The summed E-state index contributed by atoms with van der Waals surface area (Å²) >= 11 is 3.39. The highest BCUT2D eigenvalue weighted by Gasteiger charge is 2.07. The fourth-order valence-electron chi connectivity index (χ4n) is 1.76. The van der Waals surface area contributed by atoms with Gasteiger partial charge in [0.05, 0.1) is 10.2 Å². The Hall–Kier alpha value is -2.44. The van der Waals surface area contributed by atoms with E-state index in [0.717, 1.165) is 26.0 Å². The summed E-state index contributed by atoms with van der Waals surface area (Å²) in [7, 11) is 0. The molecule has 0 fully saturated rings. The van der Waals surface area contributed by atoms with Crippen molar-refractivity contribution in [1.82, 2.24) is 25.6 Å². The molecule has 0 atom stereocenters. The molecule has 9 heteroatoms. The average Bonchev–Trinajstić information content (AvgIpc) is 3.17. The molecule has 0 radical (unpaired) electrons. The number of aromatic nitrogens is 5. The van der Waals surface area contributed by atoms with Gasteiger partial charge in [-0.25, -0.2) is 4.98 Å². The SMILES string of the molecule is CCSc1nc2ccc(NC=C(C#N)c3nn[nH]n3)cc2s1. The van der Waals surface area contributed by atoms with Crippen LogP contribution in [-0.4, -0.2) is 31.4 Å². The lowest BCUT2D eigenvalue weighted by atomic mass is 10.3. The van der Waals surface area contributed by atoms with Crippen molar-refractivity contribution in [3.05, 3.63) is 30.2 Å². The Morgan fingerprint density at radius 2 is 2.45 bits per heavy atom. The first-order chi connectivity index (χ1) is 10.8. The number of allylic oxidation sites excluding steroid dienone is 1. The zero-order valence-electron chi connectivity index (χ0n) is 11.6. The fraction of sp³-hybridized carbons (Fsp3) is 0.154. The van der Waals surface area contributed by atoms with Gasteiger partial charge in [0.1, 0.15) is 11.6 Å². The van der Waals surface area contributed by atoms with Crippen molar-refractivity contribution < 1.29 is 0 Å². The number of rotatable bonds is 5. The number of tetrazole rings is 1. The van der Waals surface area contributed by atoms with Crippen molar-refractivity contribution in [3.63, 3.8) is 0 Å². The van der Waals surface area contributed by atoms with Gasteiger partial charge in [-0.1, -0.05) is 18.7 Å². The predicted octanol–water partition coefficient (Wildman–Crippen LogP) is 2.90. The fourth-order valence-corrected chi connectivity index (χ4v) is 3.76. The predicted molar refractivity (Wildman–Crippen MR) is 87.4 cm³/mol. The van der Waals surface area contributed by atoms with E-state index in [4.69, 9.17) is 5.26 Å². The number of nitrogens with zero attached hydrogens (tertiary/aromatic N) is 5. The van der Waals surface area contributed by atoms with Gasteiger partial charge in [0, 0.05) is 11.9 Å². The van der Waals surface area contributed by atoms with Crippen LogP contribution in [0.15, 0.2) is 28.7 Å². The number of aromatic amines is 1. The topological polar surface area (TPSA) is 103 Å². The number of fused-ring (bicyclic) bond motifs is 1. The van der Waals surface area contributed by atoms with Crippen LogP contribution in [0.4, 0.5) is 5.69 Å². The molecule has 2 N–H and O–H groups in total. The normalized spacial score (nSPS) is 11.5. The molecule has 0 saturated carbocycles. The first-order valence-corrected chi connectivity index (χ1v) is 8.24. The number of nitrogens with one attached hydrogen (secondary N) is 2. The Balaban J connectivity index is 1.83. The van der Waals surface area contributed by atoms with Gasteiger partial charge in [0.2, 0.25) is 5.82 Å².